The van der Waals surface area contributed by atoms with Crippen LogP contribution in [0.3, 0.4) is 0 Å². The molecule has 0 atom stereocenters. The van der Waals surface area contributed by atoms with Crippen molar-refractivity contribution in [1.29, 1.82) is 0 Å². The number of hydrogen-bond donors (Lipinski definition) is 1. The van der Waals surface area contributed by atoms with Gasteiger partial charge in [-0.25, -0.2) is 8.42 Å². The molecule has 1 N–H and O–H groups in total. The van der Waals surface area contributed by atoms with E-state index in [1.54, 1.807) is 4.31 Å². The molecule has 2 aromatic rings. The fourth-order valence-corrected chi connectivity index (χ4v) is 4.93. The molecule has 7 heteroatoms. The summed E-state index contributed by atoms with van der Waals surface area (Å²) in [6.45, 7) is 6.21. The molecule has 0 amide bonds. The van der Waals surface area contributed by atoms with Crippen LogP contribution in [0.1, 0.15) is 16.7 Å². The molecule has 1 aliphatic heterocycles. The summed E-state index contributed by atoms with van der Waals surface area (Å²) in [6.07, 6.45) is 0. The van der Waals surface area contributed by atoms with Gasteiger partial charge in [-0.3, -0.25) is 0 Å². The molecule has 27 heavy (non-hydrogen) atoms. The zero-order chi connectivity index (χ0) is 19.4. The van der Waals surface area contributed by atoms with Crippen molar-refractivity contribution in [1.82, 2.24) is 9.21 Å². The van der Waals surface area contributed by atoms with Gasteiger partial charge in [0.05, 0.1) is 5.75 Å². The number of nitrogens with one attached hydrogen (secondary N) is 1. The summed E-state index contributed by atoms with van der Waals surface area (Å²) in [5.41, 5.74) is 4.19. The average molecular weight is 404 g/mol. The van der Waals surface area contributed by atoms with Crippen LogP contribution < -0.4 is 5.32 Å². The number of hydrogen-bond acceptors (Lipinski definition) is 3. The number of sulfonamides is 1. The van der Waals surface area contributed by atoms with Crippen molar-refractivity contribution in [3.05, 3.63) is 65.2 Å². The summed E-state index contributed by atoms with van der Waals surface area (Å²) in [7, 11) is -3.31. The quantitative estimate of drug-likeness (QED) is 0.795. The number of thiocarbonyl (C=S) groups is 1. The highest BCUT2D eigenvalue weighted by Gasteiger charge is 2.28. The Morgan fingerprint density at radius 2 is 1.67 bits per heavy atom. The van der Waals surface area contributed by atoms with E-state index in [4.69, 9.17) is 12.2 Å². The summed E-state index contributed by atoms with van der Waals surface area (Å²) in [5, 5.41) is 3.95. The number of anilines is 1. The second-order valence-corrected chi connectivity index (χ2v) is 9.16. The molecule has 0 unspecified atom stereocenters. The van der Waals surface area contributed by atoms with Gasteiger partial charge in [0.15, 0.2) is 5.11 Å². The van der Waals surface area contributed by atoms with Gasteiger partial charge in [-0.2, -0.15) is 4.31 Å². The summed E-state index contributed by atoms with van der Waals surface area (Å²) >= 11 is 5.54. The molecule has 0 bridgehead atoms. The summed E-state index contributed by atoms with van der Waals surface area (Å²) in [5.74, 6) is 0.0407. The van der Waals surface area contributed by atoms with E-state index in [1.165, 1.54) is 11.1 Å². The molecular formula is C20H25N3O2S2. The van der Waals surface area contributed by atoms with Crippen LogP contribution in [0.25, 0.3) is 0 Å². The van der Waals surface area contributed by atoms with Crippen molar-refractivity contribution in [2.45, 2.75) is 19.6 Å². The Morgan fingerprint density at radius 3 is 2.33 bits per heavy atom. The predicted molar refractivity (Wildman–Crippen MR) is 114 cm³/mol. The monoisotopic (exact) mass is 403 g/mol. The second kappa shape index (κ2) is 8.37. The first-order valence-corrected chi connectivity index (χ1v) is 11.0. The molecule has 5 nitrogen and oxygen atoms in total. The van der Waals surface area contributed by atoms with Crippen molar-refractivity contribution in [3.8, 4) is 0 Å². The van der Waals surface area contributed by atoms with Gasteiger partial charge in [0, 0.05) is 31.9 Å². The highest BCUT2D eigenvalue weighted by Crippen LogP contribution is 2.19. The summed E-state index contributed by atoms with van der Waals surface area (Å²) in [4.78, 5) is 2.03. The Kier molecular flexibility index (Phi) is 6.14. The molecule has 0 aromatic heterocycles. The highest BCUT2D eigenvalue weighted by molar-refractivity contribution is 7.88. The molecule has 0 saturated carbocycles. The van der Waals surface area contributed by atoms with Crippen LogP contribution in [0.2, 0.25) is 0 Å². The third kappa shape index (κ3) is 4.86. The Bertz CT molecular complexity index is 906. The first-order valence-electron chi connectivity index (χ1n) is 9.01. The zero-order valence-electron chi connectivity index (χ0n) is 15.7. The van der Waals surface area contributed by atoms with Gasteiger partial charge in [0.25, 0.3) is 0 Å². The van der Waals surface area contributed by atoms with Gasteiger partial charge in [-0.05, 0) is 48.8 Å². The lowest BCUT2D eigenvalue weighted by Crippen LogP contribution is -2.51. The van der Waals surface area contributed by atoms with Crippen molar-refractivity contribution >= 4 is 33.0 Å². The van der Waals surface area contributed by atoms with Crippen molar-refractivity contribution in [3.63, 3.8) is 0 Å². The van der Waals surface area contributed by atoms with Gasteiger partial charge in [-0.15, -0.1) is 0 Å². The lowest BCUT2D eigenvalue weighted by molar-refractivity contribution is 0.268. The van der Waals surface area contributed by atoms with Crippen molar-refractivity contribution < 1.29 is 8.42 Å². The lowest BCUT2D eigenvalue weighted by atomic mass is 10.1. The number of nitrogens with zero attached hydrogens (tertiary/aromatic N) is 2. The van der Waals surface area contributed by atoms with Crippen LogP contribution >= 0.6 is 12.2 Å². The predicted octanol–water partition coefficient (Wildman–Crippen LogP) is 3.15. The van der Waals surface area contributed by atoms with Crippen LogP contribution in [-0.4, -0.2) is 48.9 Å². The van der Waals surface area contributed by atoms with Gasteiger partial charge in [0.2, 0.25) is 10.0 Å². The standard InChI is InChI=1S/C20H25N3O2S2/c1-16-7-6-10-19(17(16)2)21-20(26)22-11-13-23(14-12-22)27(24,25)15-18-8-4-3-5-9-18/h3-10H,11-15H2,1-2H3,(H,21,26). The highest BCUT2D eigenvalue weighted by atomic mass is 32.2. The van der Waals surface area contributed by atoms with Crippen LogP contribution in [0.4, 0.5) is 5.69 Å². The van der Waals surface area contributed by atoms with E-state index in [1.807, 2.05) is 47.4 Å². The minimum atomic E-state index is -3.31. The summed E-state index contributed by atoms with van der Waals surface area (Å²) < 4.78 is 26.9. The van der Waals surface area contributed by atoms with E-state index in [0.29, 0.717) is 31.3 Å². The van der Waals surface area contributed by atoms with E-state index < -0.39 is 10.0 Å². The minimum Gasteiger partial charge on any atom is -0.346 e. The smallest absolute Gasteiger partial charge is 0.218 e. The van der Waals surface area contributed by atoms with Gasteiger partial charge in [0.1, 0.15) is 0 Å². The molecule has 2 aromatic carbocycles. The van der Waals surface area contributed by atoms with Gasteiger partial charge in [-0.1, -0.05) is 42.5 Å². The minimum absolute atomic E-state index is 0.0407. The largest absolute Gasteiger partial charge is 0.346 e. The molecule has 1 heterocycles. The van der Waals surface area contributed by atoms with Crippen LogP contribution in [0, 0.1) is 13.8 Å². The van der Waals surface area contributed by atoms with E-state index >= 15 is 0 Å². The Labute approximate surface area is 167 Å². The molecule has 1 fully saturated rings. The fourth-order valence-electron chi connectivity index (χ4n) is 3.13. The third-order valence-electron chi connectivity index (χ3n) is 4.96. The maximum absolute atomic E-state index is 12.7. The molecular weight excluding hydrogens is 378 g/mol. The molecule has 1 saturated heterocycles. The van der Waals surface area contributed by atoms with Crippen LogP contribution in [0.5, 0.6) is 0 Å². The Balaban J connectivity index is 1.58. The summed E-state index contributed by atoms with van der Waals surface area (Å²) in [6, 6.07) is 15.4. The second-order valence-electron chi connectivity index (χ2n) is 6.81. The van der Waals surface area contributed by atoms with Crippen LogP contribution in [0.15, 0.2) is 48.5 Å². The SMILES string of the molecule is Cc1cccc(NC(=S)N2CCN(S(=O)(=O)Cc3ccccc3)CC2)c1C. The average Bonchev–Trinajstić information content (AvgIpc) is 2.66. The molecule has 3 rings (SSSR count). The Morgan fingerprint density at radius 1 is 1.00 bits per heavy atom. The maximum atomic E-state index is 12.7. The Hall–Kier alpha value is -1.96. The van der Waals surface area contributed by atoms with E-state index in [0.717, 1.165) is 11.3 Å². The normalized spacial score (nSPS) is 15.6. The van der Waals surface area contributed by atoms with Gasteiger partial charge >= 0.3 is 0 Å². The number of rotatable bonds is 4. The maximum Gasteiger partial charge on any atom is 0.218 e. The molecule has 0 radical (unpaired) electrons. The van der Waals surface area contributed by atoms with Crippen molar-refractivity contribution in [2.75, 3.05) is 31.5 Å². The van der Waals surface area contributed by atoms with Gasteiger partial charge < -0.3 is 10.2 Å². The molecule has 144 valence electrons. The first-order chi connectivity index (χ1) is 12.9. The number of piperazine rings is 1. The van der Waals surface area contributed by atoms with E-state index in [2.05, 4.69) is 25.2 Å². The van der Waals surface area contributed by atoms with E-state index in [9.17, 15) is 8.42 Å². The topological polar surface area (TPSA) is 52.6 Å². The molecule has 0 spiro atoms. The van der Waals surface area contributed by atoms with E-state index in [-0.39, 0.29) is 5.75 Å². The lowest BCUT2D eigenvalue weighted by Gasteiger charge is -2.35. The third-order valence-corrected chi connectivity index (χ3v) is 7.17. The zero-order valence-corrected chi connectivity index (χ0v) is 17.3. The van der Waals surface area contributed by atoms with Crippen molar-refractivity contribution in [2.24, 2.45) is 0 Å². The fraction of sp³-hybridized carbons (Fsp3) is 0.350. The first kappa shape index (κ1) is 19.8. The van der Waals surface area contributed by atoms with Crippen LogP contribution in [-0.2, 0) is 15.8 Å². The molecule has 0 aliphatic carbocycles. The number of benzene rings is 2. The number of aryl methyl sites for hydroxylation is 1. The molecule has 1 aliphatic rings.